The number of rotatable bonds is 19. The van der Waals surface area contributed by atoms with Crippen LogP contribution < -0.4 is 14.8 Å². The average Bonchev–Trinajstić information content (AvgIpc) is 3.55. The van der Waals surface area contributed by atoms with Crippen LogP contribution in [0.5, 0.6) is 11.5 Å². The number of amides is 1. The fraction of sp³-hybridized carbons (Fsp3) is 0.750. The predicted molar refractivity (Wildman–Crippen MR) is 134 cm³/mol. The van der Waals surface area contributed by atoms with Crippen molar-refractivity contribution in [3.05, 3.63) is 23.8 Å². The molecule has 4 heteroatoms. The van der Waals surface area contributed by atoms with Gasteiger partial charge in [-0.2, -0.15) is 0 Å². The fourth-order valence-corrected chi connectivity index (χ4v) is 3.94. The summed E-state index contributed by atoms with van der Waals surface area (Å²) in [6.45, 7) is 7.14. The molecule has 0 spiro atoms. The molecule has 2 rings (SSSR count). The van der Waals surface area contributed by atoms with E-state index in [9.17, 15) is 4.79 Å². The first-order valence-corrected chi connectivity index (χ1v) is 13.3. The van der Waals surface area contributed by atoms with Crippen molar-refractivity contribution in [1.82, 2.24) is 5.32 Å². The summed E-state index contributed by atoms with van der Waals surface area (Å²) in [5.74, 6) is 2.12. The molecule has 1 amide bonds. The first-order valence-electron chi connectivity index (χ1n) is 13.3. The van der Waals surface area contributed by atoms with Crippen LogP contribution in [0.2, 0.25) is 0 Å². The lowest BCUT2D eigenvalue weighted by Crippen LogP contribution is -2.24. The molecule has 1 aliphatic rings. The summed E-state index contributed by atoms with van der Waals surface area (Å²) < 4.78 is 12.0. The highest BCUT2D eigenvalue weighted by Gasteiger charge is 2.22. The lowest BCUT2D eigenvalue weighted by molar-refractivity contribution is -0.121. The third-order valence-corrected chi connectivity index (χ3v) is 5.89. The number of nitrogens with one attached hydrogen (secondary N) is 1. The Hall–Kier alpha value is -1.71. The molecule has 182 valence electrons. The molecule has 1 fully saturated rings. The van der Waals surface area contributed by atoms with Crippen molar-refractivity contribution in [1.29, 1.82) is 0 Å². The van der Waals surface area contributed by atoms with Gasteiger partial charge in [-0.1, -0.05) is 58.3 Å². The summed E-state index contributed by atoms with van der Waals surface area (Å²) in [4.78, 5) is 11.6. The zero-order valence-corrected chi connectivity index (χ0v) is 20.9. The minimum absolute atomic E-state index is 0.175. The number of ether oxygens (including phenoxy) is 2. The quantitative estimate of drug-likeness (QED) is 0.226. The predicted octanol–water partition coefficient (Wildman–Crippen LogP) is 7.37. The van der Waals surface area contributed by atoms with E-state index >= 15 is 0 Å². The Morgan fingerprint density at radius 3 is 2.22 bits per heavy atom. The molecule has 0 heterocycles. The van der Waals surface area contributed by atoms with Gasteiger partial charge in [-0.05, 0) is 70.1 Å². The van der Waals surface area contributed by atoms with Gasteiger partial charge >= 0.3 is 0 Å². The molecule has 1 saturated carbocycles. The minimum Gasteiger partial charge on any atom is -0.493 e. The van der Waals surface area contributed by atoms with Crippen molar-refractivity contribution in [2.45, 2.75) is 129 Å². The monoisotopic (exact) mass is 445 g/mol. The number of aryl methyl sites for hydroxylation is 1. The van der Waals surface area contributed by atoms with Gasteiger partial charge in [-0.15, -0.1) is 0 Å². The van der Waals surface area contributed by atoms with Crippen LogP contribution >= 0.6 is 0 Å². The Labute approximate surface area is 196 Å². The van der Waals surface area contributed by atoms with E-state index in [1.165, 1.54) is 76.2 Å². The molecule has 0 atom stereocenters. The Morgan fingerprint density at radius 1 is 0.906 bits per heavy atom. The molecule has 0 aromatic heterocycles. The Bertz CT molecular complexity index is 640. The molecule has 0 radical (unpaired) electrons. The van der Waals surface area contributed by atoms with Crippen molar-refractivity contribution in [2.24, 2.45) is 0 Å². The lowest BCUT2D eigenvalue weighted by Gasteiger charge is -2.14. The van der Waals surface area contributed by atoms with E-state index in [2.05, 4.69) is 38.2 Å². The molecule has 0 aliphatic heterocycles. The molecule has 0 bridgehead atoms. The molecule has 1 aliphatic carbocycles. The van der Waals surface area contributed by atoms with E-state index in [0.29, 0.717) is 12.5 Å². The van der Waals surface area contributed by atoms with Gasteiger partial charge < -0.3 is 14.8 Å². The van der Waals surface area contributed by atoms with Gasteiger partial charge in [0.1, 0.15) is 11.5 Å². The number of unbranched alkanes of at least 4 members (excludes halogenated alkanes) is 9. The number of hydrogen-bond acceptors (Lipinski definition) is 3. The van der Waals surface area contributed by atoms with Crippen LogP contribution in [0, 0.1) is 0 Å². The largest absolute Gasteiger partial charge is 0.493 e. The van der Waals surface area contributed by atoms with Crippen LogP contribution in [-0.4, -0.2) is 24.7 Å². The second-order valence-corrected chi connectivity index (χ2v) is 9.71. The summed E-state index contributed by atoms with van der Waals surface area (Å²) in [6, 6.07) is 6.89. The first-order chi connectivity index (χ1) is 15.6. The van der Waals surface area contributed by atoms with Crippen LogP contribution in [0.25, 0.3) is 0 Å². The molecule has 4 nitrogen and oxygen atoms in total. The maximum absolute atomic E-state index is 11.6. The van der Waals surface area contributed by atoms with Crippen LogP contribution in [0.1, 0.15) is 116 Å². The highest BCUT2D eigenvalue weighted by molar-refractivity contribution is 5.76. The van der Waals surface area contributed by atoms with E-state index in [4.69, 9.17) is 9.47 Å². The topological polar surface area (TPSA) is 47.6 Å². The third-order valence-electron chi connectivity index (χ3n) is 5.89. The van der Waals surface area contributed by atoms with Gasteiger partial charge in [0.05, 0.1) is 12.7 Å². The first kappa shape index (κ1) is 26.5. The highest BCUT2D eigenvalue weighted by Crippen LogP contribution is 2.25. The lowest BCUT2D eigenvalue weighted by atomic mass is 10.1. The van der Waals surface area contributed by atoms with E-state index in [0.717, 1.165) is 37.4 Å². The molecule has 0 unspecified atom stereocenters. The van der Waals surface area contributed by atoms with Crippen LogP contribution in [-0.2, 0) is 11.2 Å². The Kier molecular flexibility index (Phi) is 13.3. The summed E-state index contributed by atoms with van der Waals surface area (Å²) in [5.41, 5.74) is 1.32. The SMILES string of the molecule is CCCCCc1cc(OCCCCCCCCCCC(=O)NC2CC2)cc(OC(C)C)c1. The van der Waals surface area contributed by atoms with Gasteiger partial charge in [0.25, 0.3) is 0 Å². The number of carbonyl (C=O) groups excluding carboxylic acids is 1. The zero-order chi connectivity index (χ0) is 23.0. The maximum Gasteiger partial charge on any atom is 0.220 e. The van der Waals surface area contributed by atoms with Gasteiger partial charge in [0.2, 0.25) is 5.91 Å². The fourth-order valence-electron chi connectivity index (χ4n) is 3.94. The smallest absolute Gasteiger partial charge is 0.220 e. The van der Waals surface area contributed by atoms with Crippen molar-refractivity contribution in [3.8, 4) is 11.5 Å². The van der Waals surface area contributed by atoms with Crippen LogP contribution in [0.15, 0.2) is 18.2 Å². The second kappa shape index (κ2) is 16.0. The molecular weight excluding hydrogens is 398 g/mol. The van der Waals surface area contributed by atoms with E-state index in [1.54, 1.807) is 0 Å². The van der Waals surface area contributed by atoms with E-state index in [-0.39, 0.29) is 12.0 Å². The van der Waals surface area contributed by atoms with Gasteiger partial charge in [0, 0.05) is 18.5 Å². The molecule has 0 saturated heterocycles. The van der Waals surface area contributed by atoms with Crippen LogP contribution in [0.3, 0.4) is 0 Å². The summed E-state index contributed by atoms with van der Waals surface area (Å²) >= 11 is 0. The van der Waals surface area contributed by atoms with Gasteiger partial charge in [-0.3, -0.25) is 4.79 Å². The molecule has 1 N–H and O–H groups in total. The molecule has 32 heavy (non-hydrogen) atoms. The summed E-state index contributed by atoms with van der Waals surface area (Å²) in [7, 11) is 0. The highest BCUT2D eigenvalue weighted by atomic mass is 16.5. The zero-order valence-electron chi connectivity index (χ0n) is 20.9. The van der Waals surface area contributed by atoms with Crippen molar-refractivity contribution in [3.63, 3.8) is 0 Å². The summed E-state index contributed by atoms with van der Waals surface area (Å²) in [6.07, 6.45) is 17.6. The maximum atomic E-state index is 11.6. The molecular formula is C28H47NO3. The van der Waals surface area contributed by atoms with Crippen molar-refractivity contribution >= 4 is 5.91 Å². The van der Waals surface area contributed by atoms with E-state index < -0.39 is 0 Å². The minimum atomic E-state index is 0.175. The number of carbonyl (C=O) groups is 1. The van der Waals surface area contributed by atoms with Gasteiger partial charge in [0.15, 0.2) is 0 Å². The van der Waals surface area contributed by atoms with Gasteiger partial charge in [-0.25, -0.2) is 0 Å². The number of hydrogen-bond donors (Lipinski definition) is 1. The third kappa shape index (κ3) is 13.0. The standard InChI is InChI=1S/C28H47NO3/c1-4-5-12-15-24-20-26(22-27(21-24)32-23(2)3)31-19-14-11-9-7-6-8-10-13-16-28(30)29-25-17-18-25/h20-23,25H,4-19H2,1-3H3,(H,29,30). The Balaban J connectivity index is 1.52. The van der Waals surface area contributed by atoms with Crippen LogP contribution in [0.4, 0.5) is 0 Å². The summed E-state index contributed by atoms with van der Waals surface area (Å²) in [5, 5.41) is 3.06. The molecule has 1 aromatic rings. The number of benzene rings is 1. The normalized spacial score (nSPS) is 13.4. The molecule has 1 aromatic carbocycles. The Morgan fingerprint density at radius 2 is 1.56 bits per heavy atom. The second-order valence-electron chi connectivity index (χ2n) is 9.71. The van der Waals surface area contributed by atoms with E-state index in [1.807, 2.05) is 6.07 Å². The van der Waals surface area contributed by atoms with Crippen molar-refractivity contribution in [2.75, 3.05) is 6.61 Å². The van der Waals surface area contributed by atoms with Crippen molar-refractivity contribution < 1.29 is 14.3 Å². The average molecular weight is 446 g/mol.